The third-order valence-electron chi connectivity index (χ3n) is 25.7. The molecular formula is C113H78N4O. The fourth-order valence-electron chi connectivity index (χ4n) is 20.5. The van der Waals surface area contributed by atoms with Crippen LogP contribution in [0.1, 0.15) is 69.5 Å². The zero-order valence-electron chi connectivity index (χ0n) is 65.3. The first kappa shape index (κ1) is 68.5. The first-order valence-electron chi connectivity index (χ1n) is 40.9. The highest BCUT2D eigenvalue weighted by Crippen LogP contribution is 2.67. The van der Waals surface area contributed by atoms with E-state index in [9.17, 15) is 0 Å². The van der Waals surface area contributed by atoms with Gasteiger partial charge in [0.15, 0.2) is 11.5 Å². The normalized spacial score (nSPS) is 14.2. The van der Waals surface area contributed by atoms with Crippen molar-refractivity contribution in [1.29, 1.82) is 0 Å². The lowest BCUT2D eigenvalue weighted by atomic mass is 9.63. The highest BCUT2D eigenvalue weighted by atomic mass is 16.5. The number of hydrogen-bond donors (Lipinski definition) is 0. The number of fused-ring (bicyclic) bond motifs is 22. The first-order chi connectivity index (χ1) is 58.3. The number of ether oxygens (including phenoxy) is 1. The van der Waals surface area contributed by atoms with Gasteiger partial charge in [-0.15, -0.1) is 0 Å². The van der Waals surface area contributed by atoms with E-state index in [1.807, 2.05) is 6.07 Å². The van der Waals surface area contributed by atoms with Gasteiger partial charge in [0, 0.05) is 28.2 Å². The Labute approximate surface area is 688 Å². The molecule has 0 amide bonds. The molecule has 6 aliphatic rings. The molecule has 24 rings (SSSR count). The second-order valence-electron chi connectivity index (χ2n) is 32.1. The van der Waals surface area contributed by atoms with Crippen LogP contribution >= 0.6 is 0 Å². The largest absolute Gasteiger partial charge is 0.453 e. The van der Waals surface area contributed by atoms with E-state index in [4.69, 9.17) is 4.74 Å². The maximum Gasteiger partial charge on any atom is 0.152 e. The quantitative estimate of drug-likeness (QED) is 0.151. The van der Waals surface area contributed by atoms with E-state index >= 15 is 0 Å². The highest BCUT2D eigenvalue weighted by molar-refractivity contribution is 6.01. The Morgan fingerprint density at radius 1 is 0.169 bits per heavy atom. The topological polar surface area (TPSA) is 22.2 Å². The van der Waals surface area contributed by atoms with Gasteiger partial charge >= 0.3 is 0 Å². The fourth-order valence-corrected chi connectivity index (χ4v) is 20.5. The van der Waals surface area contributed by atoms with Crippen molar-refractivity contribution in [3.8, 4) is 78.3 Å². The molecule has 0 saturated heterocycles. The Hall–Kier alpha value is -15.0. The lowest BCUT2D eigenvalue weighted by Crippen LogP contribution is -2.36. The number of nitrogens with zero attached hydrogens (tertiary/aromatic N) is 4. The van der Waals surface area contributed by atoms with Crippen LogP contribution < -0.4 is 24.3 Å². The van der Waals surface area contributed by atoms with Crippen molar-refractivity contribution in [1.82, 2.24) is 0 Å². The number of hydrogen-bond acceptors (Lipinski definition) is 5. The van der Waals surface area contributed by atoms with Crippen molar-refractivity contribution in [3.63, 3.8) is 0 Å². The molecule has 18 aromatic carbocycles. The van der Waals surface area contributed by atoms with Crippen molar-refractivity contribution in [2.45, 2.75) is 30.1 Å². The van der Waals surface area contributed by atoms with Gasteiger partial charge in [-0.3, -0.25) is 0 Å². The fraction of sp³-hybridized carbons (Fsp3) is 0.0442. The second-order valence-corrected chi connectivity index (χ2v) is 32.1. The molecule has 0 radical (unpaired) electrons. The van der Waals surface area contributed by atoms with E-state index in [1.165, 1.54) is 145 Å². The van der Waals surface area contributed by atoms with Crippen LogP contribution in [-0.4, -0.2) is 0 Å². The molecule has 0 atom stereocenters. The molecule has 18 aromatic rings. The monoisotopic (exact) mass is 1510 g/mol. The maximum absolute atomic E-state index is 6.66. The predicted octanol–water partition coefficient (Wildman–Crippen LogP) is 30.0. The predicted molar refractivity (Wildman–Crippen MR) is 487 cm³/mol. The average Bonchev–Trinajstić information content (AvgIpc) is 1.48. The number of rotatable bonds is 8. The summed E-state index contributed by atoms with van der Waals surface area (Å²) in [5, 5.41) is 0. The third kappa shape index (κ3) is 10.3. The Kier molecular flexibility index (Phi) is 15.7. The van der Waals surface area contributed by atoms with Crippen LogP contribution in [0.3, 0.4) is 0 Å². The third-order valence-corrected chi connectivity index (χ3v) is 25.7. The molecule has 4 heterocycles. The van der Waals surface area contributed by atoms with Gasteiger partial charge in [-0.1, -0.05) is 323 Å². The lowest BCUT2D eigenvalue weighted by molar-refractivity contribution is 0.477. The molecule has 2 aliphatic carbocycles. The summed E-state index contributed by atoms with van der Waals surface area (Å²) in [7, 11) is 0. The van der Waals surface area contributed by atoms with Crippen molar-refractivity contribution >= 4 is 68.2 Å². The molecule has 0 saturated carbocycles. The summed E-state index contributed by atoms with van der Waals surface area (Å²) < 4.78 is 6.66. The van der Waals surface area contributed by atoms with Gasteiger partial charge in [-0.05, 0) is 250 Å². The Bertz CT molecular complexity index is 6710. The summed E-state index contributed by atoms with van der Waals surface area (Å²) >= 11 is 0. The number of anilines is 12. The van der Waals surface area contributed by atoms with Crippen molar-refractivity contribution < 1.29 is 4.74 Å². The molecule has 0 N–H and O–H groups in total. The van der Waals surface area contributed by atoms with Crippen molar-refractivity contribution in [2.75, 3.05) is 19.6 Å². The zero-order chi connectivity index (χ0) is 78.2. The molecule has 0 fully saturated rings. The second kappa shape index (κ2) is 27.1. The van der Waals surface area contributed by atoms with Crippen LogP contribution in [0, 0.1) is 0 Å². The summed E-state index contributed by atoms with van der Waals surface area (Å²) in [6.45, 7) is 4.69. The summed E-state index contributed by atoms with van der Waals surface area (Å²) in [5.74, 6) is 1.67. The van der Waals surface area contributed by atoms with Crippen LogP contribution in [-0.2, 0) is 16.2 Å². The summed E-state index contributed by atoms with van der Waals surface area (Å²) in [6.07, 6.45) is 0. The van der Waals surface area contributed by atoms with Crippen LogP contribution in [0.25, 0.3) is 66.8 Å². The van der Waals surface area contributed by atoms with Gasteiger partial charge in [0.25, 0.3) is 0 Å². The summed E-state index contributed by atoms with van der Waals surface area (Å²) in [6, 6.07) is 160. The molecule has 5 nitrogen and oxygen atoms in total. The maximum atomic E-state index is 6.66. The van der Waals surface area contributed by atoms with E-state index in [1.54, 1.807) is 0 Å². The molecule has 4 aliphatic heterocycles. The van der Waals surface area contributed by atoms with Gasteiger partial charge in [-0.25, -0.2) is 0 Å². The minimum Gasteiger partial charge on any atom is -0.453 e. The molecule has 2 spiro atoms. The Morgan fingerprint density at radius 2 is 0.449 bits per heavy atom. The number of para-hydroxylation sites is 7. The van der Waals surface area contributed by atoms with Gasteiger partial charge in [0.05, 0.1) is 56.3 Å². The van der Waals surface area contributed by atoms with Crippen LogP contribution in [0.4, 0.5) is 68.2 Å². The highest BCUT2D eigenvalue weighted by Gasteiger charge is 2.54. The van der Waals surface area contributed by atoms with E-state index in [2.05, 4.69) is 464 Å². The van der Waals surface area contributed by atoms with Gasteiger partial charge < -0.3 is 24.3 Å². The SMILES string of the molecule is CC1(C)c2ccccc2N(c2cccc(-c3ccccc3)c2)c2ccc(-c3ccc4c(c3)Oc3ccccc3N4c3ccc(-c4ccccc4)cc3)cc21.c1ccc(N2c3ccccc3C3(c4ccccc4-c4ccccc43)c3cc(-c4ccc5c(c4)C4(c6ccccc6-c6ccccc64)c4ccccc4N5c4ccccc4)ccc32)cc1. The Morgan fingerprint density at radius 3 is 0.932 bits per heavy atom. The van der Waals surface area contributed by atoms with E-state index < -0.39 is 10.8 Å². The van der Waals surface area contributed by atoms with Crippen LogP contribution in [0.5, 0.6) is 11.5 Å². The van der Waals surface area contributed by atoms with Crippen LogP contribution in [0.15, 0.2) is 437 Å². The van der Waals surface area contributed by atoms with Gasteiger partial charge in [0.2, 0.25) is 0 Å². The molecule has 0 aromatic heterocycles. The van der Waals surface area contributed by atoms with E-state index in [0.29, 0.717) is 0 Å². The molecule has 556 valence electrons. The zero-order valence-corrected chi connectivity index (χ0v) is 65.3. The Balaban J connectivity index is 0.000000141. The van der Waals surface area contributed by atoms with E-state index in [-0.39, 0.29) is 5.41 Å². The minimum atomic E-state index is -0.539. The standard InChI is InChI=1S/C62H40N2.C51H38N2O/c1-3-19-43(20-4-1)63-57-33-17-15-31-53(57)61(49-27-11-7-23-45(49)46-24-8-12-28-50(46)61)55-39-41(35-37-59(55)63)42-36-38-60-56(40-42)62(51-29-13-9-25-47(51)48-26-10-14-30-52(48)62)54-32-16-18-34-58(54)64(60)44-21-5-2-6-22-44;1-51(2)43-20-9-10-21-45(43)53(42-19-13-18-38(32-42)36-16-7-4-8-17-36)46-30-26-39(33-44(46)51)40-27-31-48-50(34-40)54-49-23-12-11-22-47(49)52(48)41-28-24-37(25-29-41)35-14-5-3-6-15-35/h1-40H;3-34H,1-2H3. The lowest BCUT2D eigenvalue weighted by Gasteiger charge is -2.45. The molecule has 0 bridgehead atoms. The molecule has 5 heteroatoms. The number of benzene rings is 18. The molecule has 0 unspecified atom stereocenters. The minimum absolute atomic E-state index is 0.220. The first-order valence-corrected chi connectivity index (χ1v) is 40.9. The van der Waals surface area contributed by atoms with E-state index in [0.717, 1.165) is 56.8 Å². The average molecular weight is 1510 g/mol. The van der Waals surface area contributed by atoms with Gasteiger partial charge in [0.1, 0.15) is 0 Å². The summed E-state index contributed by atoms with van der Waals surface area (Å²) in [4.78, 5) is 9.69. The summed E-state index contributed by atoms with van der Waals surface area (Å²) in [5.41, 5.74) is 40.2. The van der Waals surface area contributed by atoms with Crippen molar-refractivity contribution in [3.05, 3.63) is 492 Å². The molecule has 118 heavy (non-hydrogen) atoms. The van der Waals surface area contributed by atoms with Crippen molar-refractivity contribution in [2.24, 2.45) is 0 Å². The molecular weight excluding hydrogens is 1430 g/mol. The van der Waals surface area contributed by atoms with Crippen LogP contribution in [0.2, 0.25) is 0 Å². The van der Waals surface area contributed by atoms with Gasteiger partial charge in [-0.2, -0.15) is 0 Å². The smallest absolute Gasteiger partial charge is 0.152 e.